The molecule has 0 aliphatic heterocycles. The maximum Gasteiger partial charge on any atom is 0.286 e. The van der Waals surface area contributed by atoms with Gasteiger partial charge in [-0.1, -0.05) is 36.4 Å². The molecule has 0 fully saturated rings. The smallest absolute Gasteiger partial charge is 0.286 e. The van der Waals surface area contributed by atoms with Crippen LogP contribution in [0.3, 0.4) is 0 Å². The van der Waals surface area contributed by atoms with Crippen molar-refractivity contribution in [3.05, 3.63) is 84.1 Å². The molecule has 2 aromatic carbocycles. The highest BCUT2D eigenvalue weighted by Gasteiger charge is 2.11. The summed E-state index contributed by atoms with van der Waals surface area (Å²) in [7, 11) is 0. The molecule has 0 bridgehead atoms. The summed E-state index contributed by atoms with van der Waals surface area (Å²) in [6.45, 7) is 3.54. The minimum atomic E-state index is -0.224. The Bertz CT molecular complexity index is 1110. The van der Waals surface area contributed by atoms with Crippen LogP contribution in [0.5, 0.6) is 5.75 Å². The van der Waals surface area contributed by atoms with Crippen molar-refractivity contribution >= 4 is 16.7 Å². The summed E-state index contributed by atoms with van der Waals surface area (Å²) in [5.74, 6) is 1.46. The number of aromatic nitrogens is 2. The number of carbonyl (C=O) groups is 1. The number of rotatable bonds is 8. The Hall–Kier alpha value is -3.54. The van der Waals surface area contributed by atoms with E-state index in [2.05, 4.69) is 10.4 Å². The second kappa shape index (κ2) is 8.65. The number of benzene rings is 2. The molecule has 4 rings (SSSR count). The largest absolute Gasteiger partial charge is 0.485 e. The van der Waals surface area contributed by atoms with Gasteiger partial charge in [-0.15, -0.1) is 0 Å². The molecule has 0 saturated heterocycles. The average Bonchev–Trinajstić information content (AvgIpc) is 3.38. The number of nitrogens with zero attached hydrogens (tertiary/aromatic N) is 2. The van der Waals surface area contributed by atoms with E-state index < -0.39 is 0 Å². The molecular formula is C23H23N3O3. The van der Waals surface area contributed by atoms with E-state index in [1.54, 1.807) is 12.1 Å². The van der Waals surface area contributed by atoms with Crippen molar-refractivity contribution in [2.24, 2.45) is 0 Å². The summed E-state index contributed by atoms with van der Waals surface area (Å²) in [6, 6.07) is 19.4. The first-order chi connectivity index (χ1) is 14.2. The number of nitrogens with one attached hydrogen (secondary N) is 1. The molecule has 1 amide bonds. The Balaban J connectivity index is 1.28. The normalized spacial score (nSPS) is 10.9. The van der Waals surface area contributed by atoms with E-state index in [0.717, 1.165) is 35.2 Å². The quantitative estimate of drug-likeness (QED) is 0.455. The molecule has 0 radical (unpaired) electrons. The predicted octanol–water partition coefficient (Wildman–Crippen LogP) is 4.34. The highest BCUT2D eigenvalue weighted by Crippen LogP contribution is 2.26. The molecule has 148 valence electrons. The number of aryl methyl sites for hydroxylation is 2. The zero-order valence-corrected chi connectivity index (χ0v) is 16.3. The van der Waals surface area contributed by atoms with Gasteiger partial charge in [-0.05, 0) is 43.0 Å². The second-order valence-electron chi connectivity index (χ2n) is 6.86. The van der Waals surface area contributed by atoms with Gasteiger partial charge in [0.25, 0.3) is 5.91 Å². The predicted molar refractivity (Wildman–Crippen MR) is 111 cm³/mol. The summed E-state index contributed by atoms with van der Waals surface area (Å²) in [5, 5.41) is 9.37. The molecule has 4 aromatic rings. The Morgan fingerprint density at radius 3 is 2.83 bits per heavy atom. The van der Waals surface area contributed by atoms with Crippen LogP contribution in [-0.2, 0) is 13.2 Å². The van der Waals surface area contributed by atoms with Crippen LogP contribution in [0.1, 0.15) is 28.4 Å². The van der Waals surface area contributed by atoms with E-state index >= 15 is 0 Å². The van der Waals surface area contributed by atoms with E-state index in [9.17, 15) is 4.79 Å². The van der Waals surface area contributed by atoms with Crippen molar-refractivity contribution in [1.29, 1.82) is 0 Å². The van der Waals surface area contributed by atoms with Crippen LogP contribution in [0.4, 0.5) is 0 Å². The van der Waals surface area contributed by atoms with Crippen molar-refractivity contribution < 1.29 is 13.9 Å². The molecule has 2 heterocycles. The topological polar surface area (TPSA) is 69.3 Å². The third-order valence-corrected chi connectivity index (χ3v) is 4.63. The van der Waals surface area contributed by atoms with Gasteiger partial charge in [0.1, 0.15) is 18.1 Å². The summed E-state index contributed by atoms with van der Waals surface area (Å²) >= 11 is 0. The molecule has 0 aliphatic carbocycles. The first-order valence-electron chi connectivity index (χ1n) is 9.66. The highest BCUT2D eigenvalue weighted by atomic mass is 16.5. The monoisotopic (exact) mass is 389 g/mol. The standard InChI is InChI=1S/C23H23N3O3/c1-17-12-15-26(25-17)14-5-13-24-23(27)22-11-10-19(29-22)16-28-21-9-4-7-18-6-2-3-8-20(18)21/h2-4,6-12,15H,5,13-14,16H2,1H3,(H,24,27). The molecule has 0 saturated carbocycles. The SMILES string of the molecule is Cc1ccn(CCCNC(=O)c2ccc(COc3cccc4ccccc34)o2)n1. The van der Waals surface area contributed by atoms with Gasteiger partial charge in [-0.3, -0.25) is 9.48 Å². The fourth-order valence-electron chi connectivity index (χ4n) is 3.17. The van der Waals surface area contributed by atoms with Crippen molar-refractivity contribution in [2.45, 2.75) is 26.5 Å². The van der Waals surface area contributed by atoms with Crippen LogP contribution >= 0.6 is 0 Å². The average molecular weight is 389 g/mol. The van der Waals surface area contributed by atoms with E-state index in [-0.39, 0.29) is 18.3 Å². The van der Waals surface area contributed by atoms with Gasteiger partial charge < -0.3 is 14.5 Å². The molecular weight excluding hydrogens is 366 g/mol. The van der Waals surface area contributed by atoms with Crippen LogP contribution in [0.2, 0.25) is 0 Å². The summed E-state index contributed by atoms with van der Waals surface area (Å²) < 4.78 is 13.4. The van der Waals surface area contributed by atoms with E-state index in [1.165, 1.54) is 0 Å². The Kier molecular flexibility index (Phi) is 5.61. The van der Waals surface area contributed by atoms with Gasteiger partial charge >= 0.3 is 0 Å². The maximum atomic E-state index is 12.3. The summed E-state index contributed by atoms with van der Waals surface area (Å²) in [5.41, 5.74) is 0.989. The lowest BCUT2D eigenvalue weighted by Crippen LogP contribution is -2.24. The number of fused-ring (bicyclic) bond motifs is 1. The van der Waals surface area contributed by atoms with Gasteiger partial charge in [0.15, 0.2) is 5.76 Å². The number of furan rings is 1. The van der Waals surface area contributed by atoms with Crippen molar-refractivity contribution in [3.63, 3.8) is 0 Å². The van der Waals surface area contributed by atoms with Crippen LogP contribution in [0, 0.1) is 6.92 Å². The van der Waals surface area contributed by atoms with Crippen LogP contribution in [-0.4, -0.2) is 22.2 Å². The number of carbonyl (C=O) groups excluding carboxylic acids is 1. The first-order valence-corrected chi connectivity index (χ1v) is 9.66. The van der Waals surface area contributed by atoms with Crippen molar-refractivity contribution in [1.82, 2.24) is 15.1 Å². The second-order valence-corrected chi connectivity index (χ2v) is 6.86. The van der Waals surface area contributed by atoms with E-state index in [4.69, 9.17) is 9.15 Å². The maximum absolute atomic E-state index is 12.3. The van der Waals surface area contributed by atoms with Crippen molar-refractivity contribution in [3.8, 4) is 5.75 Å². The van der Waals surface area contributed by atoms with Gasteiger partial charge in [0, 0.05) is 24.7 Å². The summed E-state index contributed by atoms with van der Waals surface area (Å²) in [6.07, 6.45) is 2.73. The van der Waals surface area contributed by atoms with E-state index in [0.29, 0.717) is 12.3 Å². The van der Waals surface area contributed by atoms with Crippen LogP contribution in [0.15, 0.2) is 71.3 Å². The lowest BCUT2D eigenvalue weighted by atomic mass is 10.1. The van der Waals surface area contributed by atoms with Gasteiger partial charge in [-0.2, -0.15) is 5.10 Å². The van der Waals surface area contributed by atoms with Gasteiger partial charge in [0.2, 0.25) is 0 Å². The molecule has 0 unspecified atom stereocenters. The van der Waals surface area contributed by atoms with E-state index in [1.807, 2.05) is 66.3 Å². The van der Waals surface area contributed by atoms with Gasteiger partial charge in [0.05, 0.1) is 5.69 Å². The number of ether oxygens (including phenoxy) is 1. The molecule has 0 spiro atoms. The molecule has 1 N–H and O–H groups in total. The van der Waals surface area contributed by atoms with Crippen molar-refractivity contribution in [2.75, 3.05) is 6.54 Å². The number of amides is 1. The highest BCUT2D eigenvalue weighted by molar-refractivity contribution is 5.91. The molecule has 6 heteroatoms. The zero-order chi connectivity index (χ0) is 20.1. The van der Waals surface area contributed by atoms with Crippen LogP contribution in [0.25, 0.3) is 10.8 Å². The van der Waals surface area contributed by atoms with Crippen LogP contribution < -0.4 is 10.1 Å². The molecule has 2 aromatic heterocycles. The van der Waals surface area contributed by atoms with Gasteiger partial charge in [-0.25, -0.2) is 0 Å². The molecule has 6 nitrogen and oxygen atoms in total. The third kappa shape index (κ3) is 4.66. The number of hydrogen-bond donors (Lipinski definition) is 1. The Labute approximate surface area is 169 Å². The third-order valence-electron chi connectivity index (χ3n) is 4.63. The minimum absolute atomic E-state index is 0.224. The lowest BCUT2D eigenvalue weighted by Gasteiger charge is -2.08. The fourth-order valence-corrected chi connectivity index (χ4v) is 3.17. The Morgan fingerprint density at radius 1 is 1.10 bits per heavy atom. The fraction of sp³-hybridized carbons (Fsp3) is 0.217. The lowest BCUT2D eigenvalue weighted by molar-refractivity contribution is 0.0921. The minimum Gasteiger partial charge on any atom is -0.485 e. The molecule has 0 aliphatic rings. The molecule has 0 atom stereocenters. The zero-order valence-electron chi connectivity index (χ0n) is 16.3. The Morgan fingerprint density at radius 2 is 1.97 bits per heavy atom. The summed E-state index contributed by atoms with van der Waals surface area (Å²) in [4.78, 5) is 12.3. The first kappa shape index (κ1) is 18.8. The molecule has 29 heavy (non-hydrogen) atoms. The number of hydrogen-bond acceptors (Lipinski definition) is 4.